The van der Waals surface area contributed by atoms with Gasteiger partial charge in [0.15, 0.2) is 0 Å². The molecule has 1 atom stereocenters. The number of hydrogen-bond acceptors (Lipinski definition) is 5. The SMILES string of the molecule is Cc1nc(C2(C)CCSCC2)cc2c(N[C@H](C)c3cccc(C(F)F)c3F)ncnc12. The molecule has 4 nitrogen and oxygen atoms in total. The molecule has 1 N–H and O–H groups in total. The van der Waals surface area contributed by atoms with Gasteiger partial charge in [0.2, 0.25) is 0 Å². The fourth-order valence-corrected chi connectivity index (χ4v) is 5.47. The third-order valence-corrected chi connectivity index (χ3v) is 7.11. The molecule has 31 heavy (non-hydrogen) atoms. The number of anilines is 1. The summed E-state index contributed by atoms with van der Waals surface area (Å²) in [7, 11) is 0. The average Bonchev–Trinajstić information content (AvgIpc) is 2.74. The Kier molecular flexibility index (Phi) is 6.10. The van der Waals surface area contributed by atoms with Crippen LogP contribution < -0.4 is 5.32 Å². The van der Waals surface area contributed by atoms with Crippen LogP contribution in [0.4, 0.5) is 19.0 Å². The summed E-state index contributed by atoms with van der Waals surface area (Å²) in [6.07, 6.45) is 0.677. The maximum absolute atomic E-state index is 14.6. The summed E-state index contributed by atoms with van der Waals surface area (Å²) in [6, 6.07) is 5.54. The van der Waals surface area contributed by atoms with Crippen molar-refractivity contribution in [3.63, 3.8) is 0 Å². The van der Waals surface area contributed by atoms with Gasteiger partial charge in [0.1, 0.15) is 18.0 Å². The summed E-state index contributed by atoms with van der Waals surface area (Å²) in [5.41, 5.74) is 2.12. The summed E-state index contributed by atoms with van der Waals surface area (Å²) in [5.74, 6) is 1.85. The lowest BCUT2D eigenvalue weighted by Crippen LogP contribution is -2.28. The molecule has 1 saturated heterocycles. The molecular formula is C23H25F3N4S. The molecule has 2 aromatic heterocycles. The number of nitrogens with zero attached hydrogens (tertiary/aromatic N) is 3. The minimum atomic E-state index is -2.86. The van der Waals surface area contributed by atoms with Gasteiger partial charge in [-0.3, -0.25) is 4.98 Å². The van der Waals surface area contributed by atoms with Gasteiger partial charge in [0.05, 0.1) is 22.8 Å². The Labute approximate surface area is 184 Å². The molecule has 4 rings (SSSR count). The zero-order chi connectivity index (χ0) is 22.2. The third-order valence-electron chi connectivity index (χ3n) is 6.12. The summed E-state index contributed by atoms with van der Waals surface area (Å²) >= 11 is 1.96. The Morgan fingerprint density at radius 3 is 2.55 bits per heavy atom. The van der Waals surface area contributed by atoms with Crippen LogP contribution >= 0.6 is 11.8 Å². The molecule has 0 radical (unpaired) electrons. The van der Waals surface area contributed by atoms with Gasteiger partial charge in [0.25, 0.3) is 6.43 Å². The molecular weight excluding hydrogens is 421 g/mol. The molecule has 0 spiro atoms. The van der Waals surface area contributed by atoms with E-state index in [0.717, 1.165) is 52.7 Å². The van der Waals surface area contributed by atoms with Crippen LogP contribution in [-0.4, -0.2) is 26.5 Å². The number of hydrogen-bond donors (Lipinski definition) is 1. The maximum Gasteiger partial charge on any atom is 0.266 e. The average molecular weight is 447 g/mol. The van der Waals surface area contributed by atoms with Crippen LogP contribution in [0.3, 0.4) is 0 Å². The first-order valence-electron chi connectivity index (χ1n) is 10.3. The normalized spacial score (nSPS) is 17.1. The van der Waals surface area contributed by atoms with Crippen LogP contribution in [0, 0.1) is 12.7 Å². The highest BCUT2D eigenvalue weighted by atomic mass is 32.2. The summed E-state index contributed by atoms with van der Waals surface area (Å²) in [6.45, 7) is 5.90. The molecule has 1 aliphatic heterocycles. The van der Waals surface area contributed by atoms with Crippen molar-refractivity contribution in [2.45, 2.75) is 51.5 Å². The number of rotatable bonds is 5. The summed E-state index contributed by atoms with van der Waals surface area (Å²) in [4.78, 5) is 13.6. The lowest BCUT2D eigenvalue weighted by atomic mass is 9.80. The second kappa shape index (κ2) is 8.65. The second-order valence-electron chi connectivity index (χ2n) is 8.30. The zero-order valence-corrected chi connectivity index (χ0v) is 18.6. The van der Waals surface area contributed by atoms with Crippen molar-refractivity contribution in [1.82, 2.24) is 15.0 Å². The van der Waals surface area contributed by atoms with Gasteiger partial charge in [0, 0.05) is 22.1 Å². The number of pyridine rings is 1. The minimum Gasteiger partial charge on any atom is -0.363 e. The lowest BCUT2D eigenvalue weighted by Gasteiger charge is -2.33. The van der Waals surface area contributed by atoms with Crippen LogP contribution in [0.15, 0.2) is 30.6 Å². The van der Waals surface area contributed by atoms with E-state index in [4.69, 9.17) is 4.98 Å². The Bertz CT molecular complexity index is 1100. The largest absolute Gasteiger partial charge is 0.363 e. The van der Waals surface area contributed by atoms with Crippen LogP contribution in [-0.2, 0) is 5.41 Å². The number of aromatic nitrogens is 3. The third kappa shape index (κ3) is 4.22. The van der Waals surface area contributed by atoms with E-state index >= 15 is 0 Å². The van der Waals surface area contributed by atoms with E-state index in [0.29, 0.717) is 5.82 Å². The van der Waals surface area contributed by atoms with Crippen molar-refractivity contribution in [2.24, 2.45) is 0 Å². The van der Waals surface area contributed by atoms with Crippen LogP contribution in [0.2, 0.25) is 0 Å². The molecule has 0 amide bonds. The molecule has 1 fully saturated rings. The topological polar surface area (TPSA) is 50.7 Å². The van der Waals surface area contributed by atoms with Crippen molar-refractivity contribution >= 4 is 28.5 Å². The monoisotopic (exact) mass is 446 g/mol. The number of alkyl halides is 2. The van der Waals surface area contributed by atoms with Crippen molar-refractivity contribution in [1.29, 1.82) is 0 Å². The van der Waals surface area contributed by atoms with Crippen LogP contribution in [0.25, 0.3) is 10.9 Å². The number of nitrogens with one attached hydrogen (secondary N) is 1. The van der Waals surface area contributed by atoms with Gasteiger partial charge in [-0.2, -0.15) is 11.8 Å². The molecule has 0 aliphatic carbocycles. The van der Waals surface area contributed by atoms with E-state index < -0.39 is 23.8 Å². The molecule has 0 saturated carbocycles. The fourth-order valence-electron chi connectivity index (χ4n) is 4.08. The second-order valence-corrected chi connectivity index (χ2v) is 9.53. The zero-order valence-electron chi connectivity index (χ0n) is 17.8. The van der Waals surface area contributed by atoms with E-state index in [9.17, 15) is 13.2 Å². The van der Waals surface area contributed by atoms with Crippen molar-refractivity contribution in [2.75, 3.05) is 16.8 Å². The van der Waals surface area contributed by atoms with E-state index in [2.05, 4.69) is 22.2 Å². The Morgan fingerprint density at radius 1 is 1.13 bits per heavy atom. The number of thioether (sulfide) groups is 1. The predicted octanol–water partition coefficient (Wildman–Crippen LogP) is 6.37. The van der Waals surface area contributed by atoms with Gasteiger partial charge in [-0.05, 0) is 44.3 Å². The Morgan fingerprint density at radius 2 is 1.84 bits per heavy atom. The highest BCUT2D eigenvalue weighted by Crippen LogP contribution is 2.39. The van der Waals surface area contributed by atoms with Crippen LogP contribution in [0.1, 0.15) is 61.7 Å². The maximum atomic E-state index is 14.6. The van der Waals surface area contributed by atoms with E-state index in [1.165, 1.54) is 18.5 Å². The standard InChI is InChI=1S/C23H25F3N4S/c1-13(15-5-4-6-16(19(15)24)21(25)26)30-22-17-11-18(23(3)7-9-31-10-8-23)29-14(2)20(17)27-12-28-22/h4-6,11-13,21H,7-10H2,1-3H3,(H,27,28,30)/t13-/m1/s1. The van der Waals surface area contributed by atoms with Gasteiger partial charge >= 0.3 is 0 Å². The molecule has 3 aromatic rings. The smallest absolute Gasteiger partial charge is 0.266 e. The molecule has 1 aliphatic rings. The van der Waals surface area contributed by atoms with Gasteiger partial charge in [-0.1, -0.05) is 25.1 Å². The van der Waals surface area contributed by atoms with E-state index in [1.807, 2.05) is 24.8 Å². The van der Waals surface area contributed by atoms with Gasteiger partial charge in [-0.15, -0.1) is 0 Å². The Balaban J connectivity index is 1.74. The Hall–Kier alpha value is -2.35. The molecule has 0 unspecified atom stereocenters. The van der Waals surface area contributed by atoms with Crippen LogP contribution in [0.5, 0.6) is 0 Å². The first-order valence-corrected chi connectivity index (χ1v) is 11.5. The molecule has 164 valence electrons. The highest BCUT2D eigenvalue weighted by Gasteiger charge is 2.31. The number of aryl methyl sites for hydroxylation is 1. The number of benzene rings is 1. The highest BCUT2D eigenvalue weighted by molar-refractivity contribution is 7.99. The number of halogens is 3. The van der Waals surface area contributed by atoms with Crippen molar-refractivity contribution < 1.29 is 13.2 Å². The van der Waals surface area contributed by atoms with Gasteiger partial charge in [-0.25, -0.2) is 23.1 Å². The van der Waals surface area contributed by atoms with E-state index in [1.54, 1.807) is 6.92 Å². The first kappa shape index (κ1) is 21.9. The molecule has 3 heterocycles. The van der Waals surface area contributed by atoms with Crippen molar-refractivity contribution in [3.8, 4) is 0 Å². The van der Waals surface area contributed by atoms with E-state index in [-0.39, 0.29) is 11.0 Å². The number of fused-ring (bicyclic) bond motifs is 1. The molecule has 1 aromatic carbocycles. The first-order chi connectivity index (χ1) is 14.8. The molecule has 0 bridgehead atoms. The predicted molar refractivity (Wildman–Crippen MR) is 119 cm³/mol. The lowest BCUT2D eigenvalue weighted by molar-refractivity contribution is 0.146. The quantitative estimate of drug-likeness (QED) is 0.494. The van der Waals surface area contributed by atoms with Crippen molar-refractivity contribution in [3.05, 3.63) is 58.9 Å². The molecule has 8 heteroatoms. The van der Waals surface area contributed by atoms with Gasteiger partial charge < -0.3 is 5.32 Å². The minimum absolute atomic E-state index is 0.0133. The fraction of sp³-hybridized carbons (Fsp3) is 0.435. The summed E-state index contributed by atoms with van der Waals surface area (Å²) < 4.78 is 40.9. The summed E-state index contributed by atoms with van der Waals surface area (Å²) in [5, 5.41) is 4.02.